The Morgan fingerprint density at radius 3 is 2.32 bits per heavy atom. The van der Waals surface area contributed by atoms with Crippen molar-refractivity contribution in [2.45, 2.75) is 12.6 Å². The predicted molar refractivity (Wildman–Crippen MR) is 98.9 cm³/mol. The molecule has 25 heavy (non-hydrogen) atoms. The molecule has 7 heteroatoms. The number of hydrogen-bond donors (Lipinski definition) is 1. The van der Waals surface area contributed by atoms with Gasteiger partial charge in [0.25, 0.3) is 0 Å². The summed E-state index contributed by atoms with van der Waals surface area (Å²) in [6.45, 7) is 0.797. The lowest BCUT2D eigenvalue weighted by atomic mass is 10.1. The molecule has 1 aliphatic heterocycles. The standard InChI is InChI=1S/C18H13F3IN3/c19-18(20,21)12-3-7-14(8-4-12)25-17-15(9-10-23-17)16(24-25)11-1-5-13(22)6-2-11/h1-8,23H,9-10H2. The summed E-state index contributed by atoms with van der Waals surface area (Å²) < 4.78 is 41.1. The molecule has 0 atom stereocenters. The highest BCUT2D eigenvalue weighted by molar-refractivity contribution is 14.1. The predicted octanol–water partition coefficient (Wildman–Crippen LogP) is 5.13. The molecule has 4 rings (SSSR count). The van der Waals surface area contributed by atoms with E-state index in [4.69, 9.17) is 0 Å². The third-order valence-corrected chi connectivity index (χ3v) is 4.93. The van der Waals surface area contributed by atoms with E-state index in [2.05, 4.69) is 33.0 Å². The first-order chi connectivity index (χ1) is 11.9. The second-order valence-electron chi connectivity index (χ2n) is 5.82. The van der Waals surface area contributed by atoms with E-state index in [1.807, 2.05) is 24.3 Å². The zero-order valence-electron chi connectivity index (χ0n) is 12.9. The van der Waals surface area contributed by atoms with E-state index < -0.39 is 11.7 Å². The van der Waals surface area contributed by atoms with Crippen LogP contribution in [0.5, 0.6) is 0 Å². The molecular formula is C18H13F3IN3. The molecule has 0 bridgehead atoms. The molecule has 1 aromatic heterocycles. The molecule has 128 valence electrons. The maximum Gasteiger partial charge on any atom is 0.416 e. The van der Waals surface area contributed by atoms with Gasteiger partial charge in [0.15, 0.2) is 0 Å². The van der Waals surface area contributed by atoms with Gasteiger partial charge in [0.2, 0.25) is 0 Å². The quantitative estimate of drug-likeness (QED) is 0.544. The first-order valence-corrected chi connectivity index (χ1v) is 8.81. The number of halogens is 4. The molecule has 0 saturated heterocycles. The minimum atomic E-state index is -4.34. The fraction of sp³-hybridized carbons (Fsp3) is 0.167. The molecule has 0 saturated carbocycles. The van der Waals surface area contributed by atoms with Crippen molar-refractivity contribution in [3.8, 4) is 16.9 Å². The van der Waals surface area contributed by atoms with Crippen LogP contribution in [0.25, 0.3) is 16.9 Å². The van der Waals surface area contributed by atoms with E-state index in [9.17, 15) is 13.2 Å². The van der Waals surface area contributed by atoms with Crippen molar-refractivity contribution >= 4 is 28.4 Å². The van der Waals surface area contributed by atoms with Gasteiger partial charge in [-0.15, -0.1) is 0 Å². The van der Waals surface area contributed by atoms with Gasteiger partial charge in [0.05, 0.1) is 16.9 Å². The maximum absolute atomic E-state index is 12.8. The minimum absolute atomic E-state index is 0.607. The van der Waals surface area contributed by atoms with Crippen molar-refractivity contribution in [2.24, 2.45) is 0 Å². The van der Waals surface area contributed by atoms with E-state index in [0.717, 1.165) is 51.3 Å². The Bertz CT molecular complexity index is 912. The molecule has 0 aliphatic carbocycles. The summed E-state index contributed by atoms with van der Waals surface area (Å²) in [5, 5.41) is 7.95. The van der Waals surface area contributed by atoms with Gasteiger partial charge in [-0.1, -0.05) is 12.1 Å². The number of nitrogens with one attached hydrogen (secondary N) is 1. The van der Waals surface area contributed by atoms with Crippen LogP contribution in [-0.2, 0) is 12.6 Å². The average Bonchev–Trinajstić information content (AvgIpc) is 3.17. The van der Waals surface area contributed by atoms with Crippen LogP contribution < -0.4 is 5.32 Å². The molecule has 1 aliphatic rings. The Labute approximate surface area is 156 Å². The Morgan fingerprint density at radius 2 is 1.68 bits per heavy atom. The Morgan fingerprint density at radius 1 is 1.00 bits per heavy atom. The average molecular weight is 455 g/mol. The van der Waals surface area contributed by atoms with E-state index >= 15 is 0 Å². The van der Waals surface area contributed by atoms with Crippen molar-refractivity contribution in [1.82, 2.24) is 9.78 Å². The van der Waals surface area contributed by atoms with Crippen LogP contribution in [0.15, 0.2) is 48.5 Å². The van der Waals surface area contributed by atoms with E-state index in [0.29, 0.717) is 5.69 Å². The zero-order valence-corrected chi connectivity index (χ0v) is 15.1. The molecule has 0 radical (unpaired) electrons. The number of rotatable bonds is 2. The summed E-state index contributed by atoms with van der Waals surface area (Å²) >= 11 is 2.25. The van der Waals surface area contributed by atoms with Crippen molar-refractivity contribution in [3.05, 3.63) is 63.2 Å². The fourth-order valence-corrected chi connectivity index (χ4v) is 3.35. The highest BCUT2D eigenvalue weighted by Crippen LogP contribution is 2.35. The normalized spacial score (nSPS) is 13.6. The van der Waals surface area contributed by atoms with Crippen LogP contribution >= 0.6 is 22.6 Å². The van der Waals surface area contributed by atoms with Gasteiger partial charge in [-0.2, -0.15) is 18.3 Å². The summed E-state index contributed by atoms with van der Waals surface area (Å²) in [6, 6.07) is 13.1. The van der Waals surface area contributed by atoms with Gasteiger partial charge >= 0.3 is 6.18 Å². The molecule has 0 spiro atoms. The van der Waals surface area contributed by atoms with Crippen molar-refractivity contribution in [2.75, 3.05) is 11.9 Å². The molecule has 0 amide bonds. The van der Waals surface area contributed by atoms with Gasteiger partial charge in [-0.25, -0.2) is 4.68 Å². The smallest absolute Gasteiger partial charge is 0.369 e. The van der Waals surface area contributed by atoms with E-state index in [1.165, 1.54) is 12.1 Å². The second-order valence-corrected chi connectivity index (χ2v) is 7.06. The molecular weight excluding hydrogens is 442 g/mol. The molecule has 1 N–H and O–H groups in total. The highest BCUT2D eigenvalue weighted by Gasteiger charge is 2.30. The number of nitrogens with zero attached hydrogens (tertiary/aromatic N) is 2. The summed E-state index contributed by atoms with van der Waals surface area (Å²) in [4.78, 5) is 0. The minimum Gasteiger partial charge on any atom is -0.369 e. The number of aromatic nitrogens is 2. The van der Waals surface area contributed by atoms with Gasteiger partial charge < -0.3 is 5.32 Å². The Hall–Kier alpha value is -2.03. The molecule has 0 unspecified atom stereocenters. The first kappa shape index (κ1) is 16.4. The van der Waals surface area contributed by atoms with Crippen LogP contribution in [-0.4, -0.2) is 16.3 Å². The first-order valence-electron chi connectivity index (χ1n) is 7.73. The van der Waals surface area contributed by atoms with Gasteiger partial charge in [-0.05, 0) is 65.4 Å². The number of fused-ring (bicyclic) bond motifs is 1. The number of anilines is 1. The van der Waals surface area contributed by atoms with Crippen LogP contribution in [0.1, 0.15) is 11.1 Å². The fourth-order valence-electron chi connectivity index (χ4n) is 2.99. The molecule has 3 aromatic rings. The van der Waals surface area contributed by atoms with Crippen molar-refractivity contribution in [3.63, 3.8) is 0 Å². The Kier molecular flexibility index (Phi) is 3.98. The highest BCUT2D eigenvalue weighted by atomic mass is 127. The summed E-state index contributed by atoms with van der Waals surface area (Å²) in [6.07, 6.45) is -3.49. The lowest BCUT2D eigenvalue weighted by Crippen LogP contribution is -2.07. The molecule has 0 fully saturated rings. The van der Waals surface area contributed by atoms with Crippen LogP contribution in [0.3, 0.4) is 0 Å². The van der Waals surface area contributed by atoms with Gasteiger partial charge in [-0.3, -0.25) is 0 Å². The van der Waals surface area contributed by atoms with Crippen LogP contribution in [0.4, 0.5) is 19.0 Å². The van der Waals surface area contributed by atoms with Crippen LogP contribution in [0.2, 0.25) is 0 Å². The lowest BCUT2D eigenvalue weighted by molar-refractivity contribution is -0.137. The van der Waals surface area contributed by atoms with E-state index in [-0.39, 0.29) is 0 Å². The largest absolute Gasteiger partial charge is 0.416 e. The second kappa shape index (κ2) is 6.05. The third-order valence-electron chi connectivity index (χ3n) is 4.21. The molecule has 3 nitrogen and oxygen atoms in total. The Balaban J connectivity index is 1.79. The number of hydrogen-bond acceptors (Lipinski definition) is 2. The maximum atomic E-state index is 12.8. The summed E-state index contributed by atoms with van der Waals surface area (Å²) in [5.41, 5.74) is 2.92. The molecule has 2 heterocycles. The van der Waals surface area contributed by atoms with Crippen molar-refractivity contribution < 1.29 is 13.2 Å². The molecule has 2 aromatic carbocycles. The number of alkyl halides is 3. The zero-order chi connectivity index (χ0) is 17.6. The topological polar surface area (TPSA) is 29.9 Å². The third kappa shape index (κ3) is 3.01. The summed E-state index contributed by atoms with van der Waals surface area (Å²) in [5.74, 6) is 0.855. The number of benzene rings is 2. The SMILES string of the molecule is FC(F)(F)c1ccc(-n2nc(-c3ccc(I)cc3)c3c2NCC3)cc1. The van der Waals surface area contributed by atoms with E-state index in [1.54, 1.807) is 4.68 Å². The van der Waals surface area contributed by atoms with Crippen LogP contribution in [0, 0.1) is 3.57 Å². The van der Waals surface area contributed by atoms with Crippen molar-refractivity contribution in [1.29, 1.82) is 0 Å². The lowest BCUT2D eigenvalue weighted by Gasteiger charge is -2.09. The summed E-state index contributed by atoms with van der Waals surface area (Å²) in [7, 11) is 0. The van der Waals surface area contributed by atoms with Gasteiger partial charge in [0, 0.05) is 21.2 Å². The monoisotopic (exact) mass is 455 g/mol. The van der Waals surface area contributed by atoms with Gasteiger partial charge in [0.1, 0.15) is 5.82 Å².